The molecule has 1 aromatic rings. The Morgan fingerprint density at radius 3 is 2.00 bits per heavy atom. The summed E-state index contributed by atoms with van der Waals surface area (Å²) in [7, 11) is 0. The molecule has 2 heteroatoms. The van der Waals surface area contributed by atoms with E-state index in [0.29, 0.717) is 6.54 Å². The second-order valence-electron chi connectivity index (χ2n) is 2.15. The van der Waals surface area contributed by atoms with Gasteiger partial charge in [-0.05, 0) is 11.1 Å². The number of benzene rings is 1. The van der Waals surface area contributed by atoms with Gasteiger partial charge in [-0.25, -0.2) is 0 Å². The lowest BCUT2D eigenvalue weighted by Crippen LogP contribution is -1.95. The van der Waals surface area contributed by atoms with Crippen LogP contribution in [0.15, 0.2) is 24.3 Å². The average molecular weight is 200 g/mol. The zero-order valence-electron chi connectivity index (χ0n) is 5.68. The topological polar surface area (TPSA) is 26.0 Å². The van der Waals surface area contributed by atoms with Crippen LogP contribution in [0.4, 0.5) is 0 Å². The molecule has 0 atom stereocenters. The van der Waals surface area contributed by atoms with Crippen molar-refractivity contribution in [2.45, 2.75) is 11.9 Å². The third-order valence-electron chi connectivity index (χ3n) is 1.41. The maximum atomic E-state index is 5.43. The van der Waals surface area contributed by atoms with E-state index in [2.05, 4.69) is 40.2 Å². The summed E-state index contributed by atoms with van der Waals surface area (Å²) in [5.74, 6) is 0. The van der Waals surface area contributed by atoms with Crippen LogP contribution in [0, 0.1) is 0 Å². The van der Waals surface area contributed by atoms with Crippen molar-refractivity contribution in [3.63, 3.8) is 0 Å². The second-order valence-corrected chi connectivity index (χ2v) is 2.71. The van der Waals surface area contributed by atoms with Crippen LogP contribution < -0.4 is 5.73 Å². The van der Waals surface area contributed by atoms with Crippen molar-refractivity contribution in [2.24, 2.45) is 5.73 Å². The van der Waals surface area contributed by atoms with Gasteiger partial charge in [0.05, 0.1) is 0 Å². The molecule has 10 heavy (non-hydrogen) atoms. The van der Waals surface area contributed by atoms with Crippen LogP contribution in [-0.2, 0) is 11.9 Å². The highest BCUT2D eigenvalue weighted by Crippen LogP contribution is 2.06. The molecular weight excluding hydrogens is 190 g/mol. The number of halogens is 1. The summed E-state index contributed by atoms with van der Waals surface area (Å²) in [5, 5.41) is 0.915. The highest BCUT2D eigenvalue weighted by Gasteiger charge is 1.89. The zero-order valence-corrected chi connectivity index (χ0v) is 7.26. The van der Waals surface area contributed by atoms with Crippen LogP contribution in [0.3, 0.4) is 0 Å². The van der Waals surface area contributed by atoms with Crippen molar-refractivity contribution in [1.82, 2.24) is 0 Å². The monoisotopic (exact) mass is 199 g/mol. The predicted octanol–water partition coefficient (Wildman–Crippen LogP) is 2.04. The Labute approximate surface area is 69.4 Å². The summed E-state index contributed by atoms with van der Waals surface area (Å²) in [6.07, 6.45) is 0. The molecule has 0 bridgehead atoms. The largest absolute Gasteiger partial charge is 0.326 e. The van der Waals surface area contributed by atoms with E-state index in [1.54, 1.807) is 0 Å². The molecule has 1 nitrogen and oxygen atoms in total. The first-order valence-electron chi connectivity index (χ1n) is 3.20. The second kappa shape index (κ2) is 3.74. The molecule has 0 heterocycles. The van der Waals surface area contributed by atoms with Gasteiger partial charge < -0.3 is 5.73 Å². The van der Waals surface area contributed by atoms with Crippen LogP contribution in [0.2, 0.25) is 0 Å². The molecule has 1 rings (SSSR count). The first-order valence-corrected chi connectivity index (χ1v) is 4.33. The minimum absolute atomic E-state index is 0.628. The Morgan fingerprint density at radius 2 is 1.60 bits per heavy atom. The third kappa shape index (κ3) is 1.82. The molecule has 0 aliphatic rings. The molecule has 0 aliphatic heterocycles. The maximum absolute atomic E-state index is 5.43. The molecule has 1 aromatic carbocycles. The fourth-order valence-electron chi connectivity index (χ4n) is 0.764. The SMILES string of the molecule is NCc1ccc(CBr)cc1. The minimum Gasteiger partial charge on any atom is -0.326 e. The van der Waals surface area contributed by atoms with E-state index < -0.39 is 0 Å². The molecule has 0 aromatic heterocycles. The Balaban J connectivity index is 2.80. The van der Waals surface area contributed by atoms with Gasteiger partial charge in [0.15, 0.2) is 0 Å². The summed E-state index contributed by atoms with van der Waals surface area (Å²) in [6, 6.07) is 8.26. The van der Waals surface area contributed by atoms with Crippen LogP contribution in [0.1, 0.15) is 11.1 Å². The lowest BCUT2D eigenvalue weighted by atomic mass is 10.2. The van der Waals surface area contributed by atoms with Gasteiger partial charge in [-0.3, -0.25) is 0 Å². The highest BCUT2D eigenvalue weighted by molar-refractivity contribution is 9.08. The van der Waals surface area contributed by atoms with Gasteiger partial charge in [-0.2, -0.15) is 0 Å². The van der Waals surface area contributed by atoms with Crippen molar-refractivity contribution >= 4 is 15.9 Å². The smallest absolute Gasteiger partial charge is 0.0283 e. The van der Waals surface area contributed by atoms with Gasteiger partial charge in [0.2, 0.25) is 0 Å². The molecule has 0 saturated heterocycles. The normalized spacial score (nSPS) is 9.80. The Hall–Kier alpha value is -0.340. The number of rotatable bonds is 2. The number of nitrogens with two attached hydrogens (primary N) is 1. The Kier molecular flexibility index (Phi) is 2.90. The molecule has 0 spiro atoms. The van der Waals surface area contributed by atoms with E-state index in [9.17, 15) is 0 Å². The van der Waals surface area contributed by atoms with Gasteiger partial charge in [0, 0.05) is 11.9 Å². The van der Waals surface area contributed by atoms with Crippen molar-refractivity contribution in [3.05, 3.63) is 35.4 Å². The fourth-order valence-corrected chi connectivity index (χ4v) is 1.14. The van der Waals surface area contributed by atoms with Crippen molar-refractivity contribution in [3.8, 4) is 0 Å². The van der Waals surface area contributed by atoms with E-state index in [-0.39, 0.29) is 0 Å². The summed E-state index contributed by atoms with van der Waals surface area (Å²) in [5.41, 5.74) is 7.90. The highest BCUT2D eigenvalue weighted by atomic mass is 79.9. The summed E-state index contributed by atoms with van der Waals surface area (Å²) in [6.45, 7) is 0.628. The first kappa shape index (κ1) is 7.76. The summed E-state index contributed by atoms with van der Waals surface area (Å²) in [4.78, 5) is 0. The molecular formula is C8H10BrN. The molecule has 0 fully saturated rings. The van der Waals surface area contributed by atoms with Crippen LogP contribution in [0.5, 0.6) is 0 Å². The third-order valence-corrected chi connectivity index (χ3v) is 2.06. The standard InChI is InChI=1S/C8H10BrN/c9-5-7-1-3-8(6-10)4-2-7/h1-4H,5-6,10H2. The molecule has 2 N–H and O–H groups in total. The van der Waals surface area contributed by atoms with E-state index in [0.717, 1.165) is 5.33 Å². The van der Waals surface area contributed by atoms with Crippen LogP contribution in [-0.4, -0.2) is 0 Å². The summed E-state index contributed by atoms with van der Waals surface area (Å²) >= 11 is 3.37. The molecule has 0 radical (unpaired) electrons. The molecule has 0 aliphatic carbocycles. The fraction of sp³-hybridized carbons (Fsp3) is 0.250. The van der Waals surface area contributed by atoms with Gasteiger partial charge in [0.1, 0.15) is 0 Å². The molecule has 0 unspecified atom stereocenters. The Bertz CT molecular complexity index is 170. The lowest BCUT2D eigenvalue weighted by molar-refractivity contribution is 1.07. The first-order chi connectivity index (χ1) is 4.86. The van der Waals surface area contributed by atoms with Crippen LogP contribution >= 0.6 is 15.9 Å². The van der Waals surface area contributed by atoms with E-state index in [4.69, 9.17) is 5.73 Å². The zero-order chi connectivity index (χ0) is 7.40. The average Bonchev–Trinajstić information content (AvgIpc) is 2.05. The maximum Gasteiger partial charge on any atom is 0.0283 e. The van der Waals surface area contributed by atoms with E-state index in [1.807, 2.05) is 0 Å². The Morgan fingerprint density at radius 1 is 1.10 bits per heavy atom. The van der Waals surface area contributed by atoms with Gasteiger partial charge in [-0.1, -0.05) is 40.2 Å². The van der Waals surface area contributed by atoms with Crippen molar-refractivity contribution in [2.75, 3.05) is 0 Å². The molecule has 0 amide bonds. The predicted molar refractivity (Wildman–Crippen MR) is 47.0 cm³/mol. The lowest BCUT2D eigenvalue weighted by Gasteiger charge is -1.96. The van der Waals surface area contributed by atoms with Gasteiger partial charge in [0.25, 0.3) is 0 Å². The van der Waals surface area contributed by atoms with Crippen molar-refractivity contribution < 1.29 is 0 Å². The number of hydrogen-bond donors (Lipinski definition) is 1. The number of alkyl halides is 1. The molecule has 0 saturated carbocycles. The van der Waals surface area contributed by atoms with Gasteiger partial charge in [-0.15, -0.1) is 0 Å². The quantitative estimate of drug-likeness (QED) is 0.726. The van der Waals surface area contributed by atoms with E-state index >= 15 is 0 Å². The molecule has 54 valence electrons. The number of hydrogen-bond acceptors (Lipinski definition) is 1. The van der Waals surface area contributed by atoms with Crippen LogP contribution in [0.25, 0.3) is 0 Å². The van der Waals surface area contributed by atoms with Gasteiger partial charge >= 0.3 is 0 Å². The summed E-state index contributed by atoms with van der Waals surface area (Å²) < 4.78 is 0. The van der Waals surface area contributed by atoms with Crippen molar-refractivity contribution in [1.29, 1.82) is 0 Å². The minimum atomic E-state index is 0.628. The van der Waals surface area contributed by atoms with E-state index in [1.165, 1.54) is 11.1 Å².